The predicted molar refractivity (Wildman–Crippen MR) is 84.1 cm³/mol. The number of nitrogens with one attached hydrogen (secondary N) is 1. The van der Waals surface area contributed by atoms with Crippen molar-refractivity contribution in [1.82, 2.24) is 4.98 Å². The fourth-order valence-corrected chi connectivity index (χ4v) is 2.26. The van der Waals surface area contributed by atoms with Crippen molar-refractivity contribution < 1.29 is 0 Å². The van der Waals surface area contributed by atoms with Crippen molar-refractivity contribution in [3.8, 4) is 0 Å². The molecular weight excluding hydrogens is 254 g/mol. The standard InChI is InChI=1S/C15H17N3S/c1-9-7-10(2)14(11(3)8-9)18-13-6-4-5-12(17-13)15(16)19/h4-8H,1-3H3,(H2,16,19)(H,17,18). The zero-order valence-corrected chi connectivity index (χ0v) is 12.1. The van der Waals surface area contributed by atoms with Gasteiger partial charge in [0.2, 0.25) is 0 Å². The van der Waals surface area contributed by atoms with E-state index in [1.54, 1.807) is 0 Å². The van der Waals surface area contributed by atoms with Gasteiger partial charge in [-0.2, -0.15) is 0 Å². The minimum atomic E-state index is 0.306. The molecule has 0 spiro atoms. The van der Waals surface area contributed by atoms with E-state index in [0.29, 0.717) is 10.7 Å². The lowest BCUT2D eigenvalue weighted by Gasteiger charge is -2.13. The molecule has 0 bridgehead atoms. The fraction of sp³-hybridized carbons (Fsp3) is 0.200. The van der Waals surface area contributed by atoms with Crippen LogP contribution in [0.1, 0.15) is 22.4 Å². The fourth-order valence-electron chi connectivity index (χ4n) is 2.15. The van der Waals surface area contributed by atoms with E-state index in [-0.39, 0.29) is 0 Å². The normalized spacial score (nSPS) is 10.3. The van der Waals surface area contributed by atoms with E-state index < -0.39 is 0 Å². The highest BCUT2D eigenvalue weighted by Crippen LogP contribution is 2.25. The summed E-state index contributed by atoms with van der Waals surface area (Å²) in [5, 5.41) is 3.34. The molecule has 0 radical (unpaired) electrons. The average molecular weight is 271 g/mol. The molecule has 0 fully saturated rings. The van der Waals surface area contributed by atoms with Crippen molar-refractivity contribution in [2.24, 2.45) is 5.73 Å². The average Bonchev–Trinajstić information content (AvgIpc) is 2.34. The summed E-state index contributed by atoms with van der Waals surface area (Å²) in [6.45, 7) is 6.26. The molecule has 0 aliphatic rings. The van der Waals surface area contributed by atoms with Crippen molar-refractivity contribution >= 4 is 28.7 Å². The number of pyridine rings is 1. The maximum Gasteiger partial charge on any atom is 0.131 e. The van der Waals surface area contributed by atoms with Gasteiger partial charge in [-0.15, -0.1) is 0 Å². The SMILES string of the molecule is Cc1cc(C)c(Nc2cccc(C(N)=S)n2)c(C)c1. The van der Waals surface area contributed by atoms with Crippen LogP contribution in [0.15, 0.2) is 30.3 Å². The van der Waals surface area contributed by atoms with Crippen LogP contribution in [0.4, 0.5) is 11.5 Å². The molecule has 3 nitrogen and oxygen atoms in total. The molecule has 0 atom stereocenters. The maximum atomic E-state index is 5.60. The third-order valence-electron chi connectivity index (χ3n) is 2.93. The second-order valence-corrected chi connectivity index (χ2v) is 5.11. The zero-order chi connectivity index (χ0) is 14.0. The van der Waals surface area contributed by atoms with Crippen LogP contribution < -0.4 is 11.1 Å². The van der Waals surface area contributed by atoms with Crippen LogP contribution >= 0.6 is 12.2 Å². The van der Waals surface area contributed by atoms with Crippen LogP contribution in [0.3, 0.4) is 0 Å². The summed E-state index contributed by atoms with van der Waals surface area (Å²) in [5.41, 5.74) is 10.9. The lowest BCUT2D eigenvalue weighted by Crippen LogP contribution is -2.12. The Balaban J connectivity index is 2.36. The van der Waals surface area contributed by atoms with Gasteiger partial charge in [-0.3, -0.25) is 0 Å². The van der Waals surface area contributed by atoms with Gasteiger partial charge in [-0.25, -0.2) is 4.98 Å². The molecule has 0 aliphatic carbocycles. The number of thiocarbonyl (C=S) groups is 1. The van der Waals surface area contributed by atoms with Gasteiger partial charge in [-0.1, -0.05) is 36.0 Å². The van der Waals surface area contributed by atoms with Gasteiger partial charge in [0.25, 0.3) is 0 Å². The van der Waals surface area contributed by atoms with Gasteiger partial charge < -0.3 is 11.1 Å². The van der Waals surface area contributed by atoms with Crippen molar-refractivity contribution in [3.63, 3.8) is 0 Å². The number of nitrogens with zero attached hydrogens (tertiary/aromatic N) is 1. The van der Waals surface area contributed by atoms with Crippen LogP contribution in [0.5, 0.6) is 0 Å². The summed E-state index contributed by atoms with van der Waals surface area (Å²) in [6.07, 6.45) is 0. The third kappa shape index (κ3) is 3.09. The Kier molecular flexibility index (Phi) is 3.81. The van der Waals surface area contributed by atoms with E-state index >= 15 is 0 Å². The number of aryl methyl sites for hydroxylation is 3. The Hall–Kier alpha value is -1.94. The molecule has 3 N–H and O–H groups in total. The summed E-state index contributed by atoms with van der Waals surface area (Å²) in [6, 6.07) is 9.89. The lowest BCUT2D eigenvalue weighted by molar-refractivity contribution is 1.25. The highest BCUT2D eigenvalue weighted by molar-refractivity contribution is 7.80. The number of hydrogen-bond acceptors (Lipinski definition) is 3. The number of nitrogens with two attached hydrogens (primary N) is 1. The number of hydrogen-bond donors (Lipinski definition) is 2. The summed E-state index contributed by atoms with van der Waals surface area (Å²) in [4.78, 5) is 4.70. The first kappa shape index (κ1) is 13.5. The Bertz CT molecular complexity index is 612. The first-order valence-corrected chi connectivity index (χ1v) is 6.50. The van der Waals surface area contributed by atoms with Crippen LogP contribution in [-0.4, -0.2) is 9.97 Å². The highest BCUT2D eigenvalue weighted by atomic mass is 32.1. The molecule has 0 saturated heterocycles. The molecule has 1 heterocycles. The molecule has 1 aromatic heterocycles. The molecule has 0 unspecified atom stereocenters. The summed E-state index contributed by atoms with van der Waals surface area (Å²) in [5.74, 6) is 0.750. The van der Waals surface area contributed by atoms with Gasteiger partial charge >= 0.3 is 0 Å². The van der Waals surface area contributed by atoms with E-state index in [2.05, 4.69) is 43.2 Å². The van der Waals surface area contributed by atoms with Crippen molar-refractivity contribution in [1.29, 1.82) is 0 Å². The van der Waals surface area contributed by atoms with E-state index in [1.165, 1.54) is 16.7 Å². The summed E-state index contributed by atoms with van der Waals surface area (Å²) in [7, 11) is 0. The minimum Gasteiger partial charge on any atom is -0.388 e. The highest BCUT2D eigenvalue weighted by Gasteiger charge is 2.06. The second-order valence-electron chi connectivity index (χ2n) is 4.67. The molecule has 4 heteroatoms. The van der Waals surface area contributed by atoms with E-state index in [0.717, 1.165) is 11.5 Å². The van der Waals surface area contributed by atoms with Crippen LogP contribution in [0.2, 0.25) is 0 Å². The van der Waals surface area contributed by atoms with Crippen LogP contribution in [-0.2, 0) is 0 Å². The summed E-state index contributed by atoms with van der Waals surface area (Å²) >= 11 is 4.94. The number of anilines is 2. The molecule has 2 rings (SSSR count). The van der Waals surface area contributed by atoms with Crippen molar-refractivity contribution in [3.05, 3.63) is 52.7 Å². The largest absolute Gasteiger partial charge is 0.388 e. The van der Waals surface area contributed by atoms with Gasteiger partial charge in [0.05, 0.1) is 5.69 Å². The maximum absolute atomic E-state index is 5.60. The number of aromatic nitrogens is 1. The number of rotatable bonds is 3. The first-order valence-electron chi connectivity index (χ1n) is 6.09. The smallest absolute Gasteiger partial charge is 0.131 e. The lowest BCUT2D eigenvalue weighted by atomic mass is 10.1. The zero-order valence-electron chi connectivity index (χ0n) is 11.3. The van der Waals surface area contributed by atoms with E-state index in [4.69, 9.17) is 18.0 Å². The molecule has 0 aliphatic heterocycles. The molecule has 2 aromatic rings. The second kappa shape index (κ2) is 5.36. The molecule has 98 valence electrons. The van der Waals surface area contributed by atoms with Gasteiger partial charge in [0.15, 0.2) is 0 Å². The Labute approximate surface area is 118 Å². The van der Waals surface area contributed by atoms with Gasteiger partial charge in [0, 0.05) is 5.69 Å². The van der Waals surface area contributed by atoms with E-state index in [1.807, 2.05) is 18.2 Å². The molecule has 1 aromatic carbocycles. The topological polar surface area (TPSA) is 50.9 Å². The Morgan fingerprint density at radius 2 is 1.79 bits per heavy atom. The predicted octanol–water partition coefficient (Wildman–Crippen LogP) is 3.38. The third-order valence-corrected chi connectivity index (χ3v) is 3.14. The summed E-state index contributed by atoms with van der Waals surface area (Å²) < 4.78 is 0. The van der Waals surface area contributed by atoms with Crippen molar-refractivity contribution in [2.75, 3.05) is 5.32 Å². The van der Waals surface area contributed by atoms with Crippen LogP contribution in [0.25, 0.3) is 0 Å². The number of benzene rings is 1. The van der Waals surface area contributed by atoms with Crippen LogP contribution in [0, 0.1) is 20.8 Å². The van der Waals surface area contributed by atoms with Crippen molar-refractivity contribution in [2.45, 2.75) is 20.8 Å². The van der Waals surface area contributed by atoms with E-state index in [9.17, 15) is 0 Å². The molecule has 19 heavy (non-hydrogen) atoms. The monoisotopic (exact) mass is 271 g/mol. The van der Waals surface area contributed by atoms with Gasteiger partial charge in [-0.05, 0) is 44.0 Å². The molecule has 0 amide bonds. The molecule has 0 saturated carbocycles. The quantitative estimate of drug-likeness (QED) is 0.840. The molecular formula is C15H17N3S. The minimum absolute atomic E-state index is 0.306. The Morgan fingerprint density at radius 1 is 1.16 bits per heavy atom. The first-order chi connectivity index (χ1) is 8.97. The Morgan fingerprint density at radius 3 is 2.37 bits per heavy atom. The van der Waals surface area contributed by atoms with Gasteiger partial charge in [0.1, 0.15) is 10.8 Å².